The van der Waals surface area contributed by atoms with Crippen molar-refractivity contribution in [1.82, 2.24) is 5.43 Å². The molecule has 0 radical (unpaired) electrons. The number of nitrogens with zero attached hydrogens (tertiary/aromatic N) is 1. The Bertz CT molecular complexity index is 724. The van der Waals surface area contributed by atoms with Crippen LogP contribution in [0.5, 0.6) is 17.2 Å². The quantitative estimate of drug-likeness (QED) is 0.552. The van der Waals surface area contributed by atoms with Crippen LogP contribution in [0.25, 0.3) is 0 Å². The van der Waals surface area contributed by atoms with Crippen LogP contribution in [0.1, 0.15) is 25.8 Å². The summed E-state index contributed by atoms with van der Waals surface area (Å²) in [7, 11) is 1.59. The molecule has 0 spiro atoms. The van der Waals surface area contributed by atoms with Crippen LogP contribution in [0, 0.1) is 0 Å². The van der Waals surface area contributed by atoms with Gasteiger partial charge in [0, 0.05) is 0 Å². The average Bonchev–Trinajstić information content (AvgIpc) is 2.69. The molecule has 1 amide bonds. The molecule has 0 fully saturated rings. The summed E-state index contributed by atoms with van der Waals surface area (Å²) in [4.78, 5) is 11.9. The SMILES string of the molecule is CCCOc1ccc(/C(C)=N/NC(=O)COc2ccc(OC)cc2)cc1. The molecular weight excluding hydrogens is 332 g/mol. The molecule has 0 aromatic heterocycles. The lowest BCUT2D eigenvalue weighted by Crippen LogP contribution is -2.25. The smallest absolute Gasteiger partial charge is 0.277 e. The number of hydrogen-bond acceptors (Lipinski definition) is 5. The van der Waals surface area contributed by atoms with E-state index in [-0.39, 0.29) is 12.5 Å². The van der Waals surface area contributed by atoms with Gasteiger partial charge < -0.3 is 14.2 Å². The highest BCUT2D eigenvalue weighted by Crippen LogP contribution is 2.16. The van der Waals surface area contributed by atoms with Crippen molar-refractivity contribution < 1.29 is 19.0 Å². The highest BCUT2D eigenvalue weighted by molar-refractivity contribution is 5.99. The Hall–Kier alpha value is -3.02. The van der Waals surface area contributed by atoms with Gasteiger partial charge in [-0.1, -0.05) is 6.92 Å². The van der Waals surface area contributed by atoms with Crippen LogP contribution in [-0.2, 0) is 4.79 Å². The summed E-state index contributed by atoms with van der Waals surface area (Å²) >= 11 is 0. The molecule has 0 aliphatic heterocycles. The van der Waals surface area contributed by atoms with E-state index in [1.165, 1.54) is 0 Å². The first-order chi connectivity index (χ1) is 12.6. The van der Waals surface area contributed by atoms with E-state index in [2.05, 4.69) is 17.5 Å². The number of ether oxygens (including phenoxy) is 3. The second-order valence-corrected chi connectivity index (χ2v) is 5.57. The normalized spacial score (nSPS) is 11.0. The monoisotopic (exact) mass is 356 g/mol. The fraction of sp³-hybridized carbons (Fsp3) is 0.300. The Morgan fingerprint density at radius 1 is 0.962 bits per heavy atom. The van der Waals surface area contributed by atoms with E-state index < -0.39 is 0 Å². The maximum atomic E-state index is 11.9. The second-order valence-electron chi connectivity index (χ2n) is 5.57. The molecule has 0 saturated heterocycles. The van der Waals surface area contributed by atoms with Crippen molar-refractivity contribution in [3.05, 3.63) is 54.1 Å². The predicted molar refractivity (Wildman–Crippen MR) is 101 cm³/mol. The zero-order chi connectivity index (χ0) is 18.8. The first-order valence-corrected chi connectivity index (χ1v) is 8.45. The van der Waals surface area contributed by atoms with Crippen LogP contribution in [0.2, 0.25) is 0 Å². The first kappa shape index (κ1) is 19.3. The average molecular weight is 356 g/mol. The van der Waals surface area contributed by atoms with Gasteiger partial charge in [0.15, 0.2) is 6.61 Å². The van der Waals surface area contributed by atoms with Gasteiger partial charge in [0.05, 0.1) is 19.4 Å². The molecule has 138 valence electrons. The maximum Gasteiger partial charge on any atom is 0.277 e. The van der Waals surface area contributed by atoms with Crippen molar-refractivity contribution >= 4 is 11.6 Å². The Morgan fingerprint density at radius 3 is 2.15 bits per heavy atom. The molecule has 0 aliphatic rings. The van der Waals surface area contributed by atoms with Gasteiger partial charge in [-0.25, -0.2) is 5.43 Å². The molecule has 0 aliphatic carbocycles. The van der Waals surface area contributed by atoms with Gasteiger partial charge in [-0.15, -0.1) is 0 Å². The molecule has 1 N–H and O–H groups in total. The number of nitrogens with one attached hydrogen (secondary N) is 1. The Morgan fingerprint density at radius 2 is 1.54 bits per heavy atom. The van der Waals surface area contributed by atoms with Crippen molar-refractivity contribution in [2.45, 2.75) is 20.3 Å². The Balaban J connectivity index is 1.82. The largest absolute Gasteiger partial charge is 0.497 e. The lowest BCUT2D eigenvalue weighted by molar-refractivity contribution is -0.123. The molecule has 2 rings (SSSR count). The maximum absolute atomic E-state index is 11.9. The zero-order valence-corrected chi connectivity index (χ0v) is 15.3. The molecular formula is C20H24N2O4. The van der Waals surface area contributed by atoms with E-state index in [0.29, 0.717) is 18.1 Å². The molecule has 2 aromatic rings. The zero-order valence-electron chi connectivity index (χ0n) is 15.3. The Labute approximate surface area is 153 Å². The van der Waals surface area contributed by atoms with Crippen molar-refractivity contribution in [3.8, 4) is 17.2 Å². The first-order valence-electron chi connectivity index (χ1n) is 8.45. The van der Waals surface area contributed by atoms with Crippen LogP contribution in [0.3, 0.4) is 0 Å². The summed E-state index contributed by atoms with van der Waals surface area (Å²) in [5.74, 6) is 1.81. The minimum Gasteiger partial charge on any atom is -0.497 e. The standard InChI is InChI=1S/C20H24N2O4/c1-4-13-25-18-7-5-16(6-8-18)15(2)21-22-20(23)14-26-19-11-9-17(24-3)10-12-19/h5-12H,4,13-14H2,1-3H3,(H,22,23)/b21-15+. The van der Waals surface area contributed by atoms with Gasteiger partial charge in [0.2, 0.25) is 0 Å². The lowest BCUT2D eigenvalue weighted by Gasteiger charge is -2.07. The fourth-order valence-electron chi connectivity index (χ4n) is 2.08. The topological polar surface area (TPSA) is 69.2 Å². The molecule has 0 saturated carbocycles. The van der Waals surface area contributed by atoms with E-state index >= 15 is 0 Å². The molecule has 2 aromatic carbocycles. The minimum absolute atomic E-state index is 0.118. The van der Waals surface area contributed by atoms with Crippen molar-refractivity contribution in [3.63, 3.8) is 0 Å². The van der Waals surface area contributed by atoms with E-state index in [4.69, 9.17) is 14.2 Å². The second kappa shape index (κ2) is 10.1. The van der Waals surface area contributed by atoms with Crippen LogP contribution in [0.4, 0.5) is 0 Å². The number of benzene rings is 2. The number of hydrogen-bond donors (Lipinski definition) is 1. The van der Waals surface area contributed by atoms with E-state index in [1.807, 2.05) is 31.2 Å². The number of methoxy groups -OCH3 is 1. The van der Waals surface area contributed by atoms with Gasteiger partial charge in [-0.05, 0) is 67.4 Å². The van der Waals surface area contributed by atoms with Crippen LogP contribution >= 0.6 is 0 Å². The number of amides is 1. The van der Waals surface area contributed by atoms with Crippen molar-refractivity contribution in [2.24, 2.45) is 5.10 Å². The Kier molecular flexibility index (Phi) is 7.49. The van der Waals surface area contributed by atoms with Gasteiger partial charge in [-0.3, -0.25) is 4.79 Å². The van der Waals surface area contributed by atoms with Crippen LogP contribution < -0.4 is 19.6 Å². The fourth-order valence-corrected chi connectivity index (χ4v) is 2.08. The van der Waals surface area contributed by atoms with Gasteiger partial charge in [-0.2, -0.15) is 5.10 Å². The van der Waals surface area contributed by atoms with Gasteiger partial charge in [0.1, 0.15) is 17.2 Å². The lowest BCUT2D eigenvalue weighted by atomic mass is 10.1. The van der Waals surface area contributed by atoms with Gasteiger partial charge >= 0.3 is 0 Å². The summed E-state index contributed by atoms with van der Waals surface area (Å²) in [6, 6.07) is 14.6. The number of carbonyl (C=O) groups is 1. The molecule has 0 bridgehead atoms. The highest BCUT2D eigenvalue weighted by atomic mass is 16.5. The highest BCUT2D eigenvalue weighted by Gasteiger charge is 2.04. The molecule has 6 nitrogen and oxygen atoms in total. The number of hydrazone groups is 1. The molecule has 6 heteroatoms. The minimum atomic E-state index is -0.330. The molecule has 0 unspecified atom stereocenters. The third kappa shape index (κ3) is 6.12. The van der Waals surface area contributed by atoms with E-state index in [1.54, 1.807) is 31.4 Å². The number of rotatable bonds is 9. The third-order valence-electron chi connectivity index (χ3n) is 3.52. The molecule has 0 atom stereocenters. The molecule has 26 heavy (non-hydrogen) atoms. The third-order valence-corrected chi connectivity index (χ3v) is 3.52. The summed E-state index contributed by atoms with van der Waals surface area (Å²) in [5, 5.41) is 4.10. The van der Waals surface area contributed by atoms with Crippen LogP contribution in [0.15, 0.2) is 53.6 Å². The molecule has 0 heterocycles. The van der Waals surface area contributed by atoms with Crippen molar-refractivity contribution in [2.75, 3.05) is 20.3 Å². The summed E-state index contributed by atoms with van der Waals surface area (Å²) in [6.45, 7) is 4.46. The van der Waals surface area contributed by atoms with E-state index in [9.17, 15) is 4.79 Å². The van der Waals surface area contributed by atoms with Crippen LogP contribution in [-0.4, -0.2) is 31.9 Å². The van der Waals surface area contributed by atoms with Gasteiger partial charge in [0.25, 0.3) is 5.91 Å². The predicted octanol–water partition coefficient (Wildman–Crippen LogP) is 3.40. The summed E-state index contributed by atoms with van der Waals surface area (Å²) in [6.07, 6.45) is 0.965. The van der Waals surface area contributed by atoms with Crippen molar-refractivity contribution in [1.29, 1.82) is 0 Å². The van der Waals surface area contributed by atoms with E-state index in [0.717, 1.165) is 23.5 Å². The number of carbonyl (C=O) groups excluding carboxylic acids is 1. The summed E-state index contributed by atoms with van der Waals surface area (Å²) < 4.78 is 16.0. The summed E-state index contributed by atoms with van der Waals surface area (Å²) in [5.41, 5.74) is 4.10.